The monoisotopic (exact) mass is 464 g/mol. The van der Waals surface area contributed by atoms with Crippen LogP contribution in [0.2, 0.25) is 0 Å². The summed E-state index contributed by atoms with van der Waals surface area (Å²) in [6.45, 7) is 9.28. The van der Waals surface area contributed by atoms with E-state index in [4.69, 9.17) is 14.1 Å². The maximum Gasteiger partial charge on any atom is 0.255 e. The number of aliphatic imine (C=N–C) groups is 1. The van der Waals surface area contributed by atoms with Crippen molar-refractivity contribution in [2.75, 3.05) is 7.11 Å². The number of ether oxygens (including phenoxy) is 1. The third kappa shape index (κ3) is 5.22. The van der Waals surface area contributed by atoms with Crippen LogP contribution in [0.3, 0.4) is 0 Å². The van der Waals surface area contributed by atoms with Crippen molar-refractivity contribution in [3.8, 4) is 5.75 Å². The van der Waals surface area contributed by atoms with Crippen LogP contribution in [0.4, 0.5) is 5.00 Å². The van der Waals surface area contributed by atoms with Crippen LogP contribution < -0.4 is 10.1 Å². The van der Waals surface area contributed by atoms with E-state index in [2.05, 4.69) is 26.1 Å². The number of nitrogens with zero attached hydrogens (tertiary/aromatic N) is 1. The zero-order valence-corrected chi connectivity index (χ0v) is 20.8. The van der Waals surface area contributed by atoms with Gasteiger partial charge in [0.2, 0.25) is 0 Å². The number of carbonyl (C=O) groups is 1. The van der Waals surface area contributed by atoms with Gasteiger partial charge < -0.3 is 14.5 Å². The van der Waals surface area contributed by atoms with Gasteiger partial charge in [-0.1, -0.05) is 32.9 Å². The zero-order chi connectivity index (χ0) is 23.6. The SMILES string of the molecule is COc1cc(C=Nc2sc3c(c2C(=O)NCc2ccco2)CC[C@H](C(C)(C)C)C3)ccc1C. The van der Waals surface area contributed by atoms with Crippen LogP contribution in [-0.4, -0.2) is 19.2 Å². The van der Waals surface area contributed by atoms with Crippen molar-refractivity contribution in [3.63, 3.8) is 0 Å². The molecule has 2 heterocycles. The molecule has 0 radical (unpaired) electrons. The van der Waals surface area contributed by atoms with E-state index in [1.54, 1.807) is 24.7 Å². The van der Waals surface area contributed by atoms with E-state index in [0.29, 0.717) is 18.0 Å². The van der Waals surface area contributed by atoms with Crippen molar-refractivity contribution in [2.45, 2.75) is 53.5 Å². The lowest BCUT2D eigenvalue weighted by molar-refractivity contribution is 0.0947. The molecule has 33 heavy (non-hydrogen) atoms. The predicted molar refractivity (Wildman–Crippen MR) is 134 cm³/mol. The second-order valence-corrected chi connectivity index (χ2v) is 10.8. The molecular weight excluding hydrogens is 432 g/mol. The van der Waals surface area contributed by atoms with Gasteiger partial charge in [-0.25, -0.2) is 4.99 Å². The molecular formula is C27H32N2O3S. The fraction of sp³-hybridized carbons (Fsp3) is 0.407. The van der Waals surface area contributed by atoms with Gasteiger partial charge in [-0.3, -0.25) is 4.79 Å². The Morgan fingerprint density at radius 3 is 2.85 bits per heavy atom. The minimum atomic E-state index is -0.0910. The van der Waals surface area contributed by atoms with Gasteiger partial charge in [0.05, 0.1) is 25.5 Å². The fourth-order valence-electron chi connectivity index (χ4n) is 4.35. The molecule has 0 fully saturated rings. The highest BCUT2D eigenvalue weighted by Crippen LogP contribution is 2.45. The summed E-state index contributed by atoms with van der Waals surface area (Å²) in [6.07, 6.45) is 6.43. The quantitative estimate of drug-likeness (QED) is 0.424. The number of hydrogen-bond acceptors (Lipinski definition) is 5. The lowest BCUT2D eigenvalue weighted by Crippen LogP contribution is -2.28. The topological polar surface area (TPSA) is 63.8 Å². The largest absolute Gasteiger partial charge is 0.496 e. The molecule has 2 aromatic heterocycles. The molecule has 6 heteroatoms. The Kier molecular flexibility index (Phi) is 6.75. The van der Waals surface area contributed by atoms with Crippen molar-refractivity contribution in [2.24, 2.45) is 16.3 Å². The Bertz CT molecular complexity index is 1150. The molecule has 0 bridgehead atoms. The molecule has 0 aliphatic heterocycles. The number of thiophene rings is 1. The second-order valence-electron chi connectivity index (χ2n) is 9.74. The Labute approximate surface area is 199 Å². The van der Waals surface area contributed by atoms with Gasteiger partial charge in [0, 0.05) is 11.1 Å². The average Bonchev–Trinajstić information content (AvgIpc) is 3.43. The third-order valence-electron chi connectivity index (χ3n) is 6.46. The molecule has 1 N–H and O–H groups in total. The molecule has 1 atom stereocenters. The standard InChI is InChI=1S/C27H32N2O3S/c1-17-8-9-18(13-22(17)31-5)15-29-26-24(25(30)28-16-20-7-6-12-32-20)21-11-10-19(27(2,3)4)14-23(21)33-26/h6-9,12-13,15,19H,10-11,14,16H2,1-5H3,(H,28,30)/t19-/m0/s1. The molecule has 0 saturated heterocycles. The number of carbonyl (C=O) groups excluding carboxylic acids is 1. The number of fused-ring (bicyclic) bond motifs is 1. The Morgan fingerprint density at radius 2 is 2.15 bits per heavy atom. The summed E-state index contributed by atoms with van der Waals surface area (Å²) in [5.74, 6) is 2.07. The lowest BCUT2D eigenvalue weighted by Gasteiger charge is -2.33. The highest BCUT2D eigenvalue weighted by Gasteiger charge is 2.33. The maximum atomic E-state index is 13.3. The molecule has 0 unspecified atom stereocenters. The summed E-state index contributed by atoms with van der Waals surface area (Å²) in [5, 5.41) is 3.79. The Hall–Kier alpha value is -2.86. The number of hydrogen-bond donors (Lipinski definition) is 1. The Morgan fingerprint density at radius 1 is 1.33 bits per heavy atom. The van der Waals surface area contributed by atoms with Gasteiger partial charge in [-0.05, 0) is 72.4 Å². The average molecular weight is 465 g/mol. The van der Waals surface area contributed by atoms with Gasteiger partial charge in [0.15, 0.2) is 0 Å². The third-order valence-corrected chi connectivity index (χ3v) is 7.63. The highest BCUT2D eigenvalue weighted by atomic mass is 32.1. The van der Waals surface area contributed by atoms with Gasteiger partial charge in [-0.2, -0.15) is 0 Å². The van der Waals surface area contributed by atoms with E-state index in [1.807, 2.05) is 43.5 Å². The van der Waals surface area contributed by atoms with Crippen LogP contribution in [0, 0.1) is 18.3 Å². The van der Waals surface area contributed by atoms with Crippen LogP contribution in [0.5, 0.6) is 5.75 Å². The van der Waals surface area contributed by atoms with Crippen molar-refractivity contribution >= 4 is 28.5 Å². The molecule has 3 aromatic rings. The van der Waals surface area contributed by atoms with E-state index >= 15 is 0 Å². The summed E-state index contributed by atoms with van der Waals surface area (Å²) >= 11 is 1.65. The van der Waals surface area contributed by atoms with Crippen LogP contribution in [-0.2, 0) is 19.4 Å². The number of aryl methyl sites for hydroxylation is 1. The first-order chi connectivity index (χ1) is 15.8. The molecule has 0 spiro atoms. The number of amides is 1. The molecule has 0 saturated carbocycles. The molecule has 174 valence electrons. The van der Waals surface area contributed by atoms with E-state index in [9.17, 15) is 4.79 Å². The number of benzene rings is 1. The maximum absolute atomic E-state index is 13.3. The van der Waals surface area contributed by atoms with Crippen molar-refractivity contribution in [1.82, 2.24) is 5.32 Å². The molecule has 4 rings (SSSR count). The number of nitrogens with one attached hydrogen (secondary N) is 1. The molecule has 5 nitrogen and oxygen atoms in total. The van der Waals surface area contributed by atoms with Gasteiger partial charge >= 0.3 is 0 Å². The summed E-state index contributed by atoms with van der Waals surface area (Å²) < 4.78 is 10.8. The Balaban J connectivity index is 1.66. The van der Waals surface area contributed by atoms with Crippen molar-refractivity contribution < 1.29 is 13.9 Å². The normalized spacial score (nSPS) is 16.1. The summed E-state index contributed by atoms with van der Waals surface area (Å²) in [4.78, 5) is 19.4. The number of methoxy groups -OCH3 is 1. The minimum absolute atomic E-state index is 0.0910. The molecule has 1 amide bonds. The predicted octanol–water partition coefficient (Wildman–Crippen LogP) is 6.49. The van der Waals surface area contributed by atoms with Gasteiger partial charge in [0.1, 0.15) is 16.5 Å². The smallest absolute Gasteiger partial charge is 0.255 e. The summed E-state index contributed by atoms with van der Waals surface area (Å²) in [7, 11) is 1.67. The van der Waals surface area contributed by atoms with Crippen LogP contribution >= 0.6 is 11.3 Å². The first kappa shape index (κ1) is 23.3. The first-order valence-corrected chi connectivity index (χ1v) is 12.2. The van der Waals surface area contributed by atoms with E-state index in [-0.39, 0.29) is 11.3 Å². The summed E-state index contributed by atoms with van der Waals surface area (Å²) in [6, 6.07) is 9.69. The van der Waals surface area contributed by atoms with Gasteiger partial charge in [-0.15, -0.1) is 11.3 Å². The lowest BCUT2D eigenvalue weighted by atomic mass is 9.72. The van der Waals surface area contributed by atoms with E-state index in [0.717, 1.165) is 52.5 Å². The zero-order valence-electron chi connectivity index (χ0n) is 20.0. The first-order valence-electron chi connectivity index (χ1n) is 11.4. The molecule has 1 aliphatic carbocycles. The molecule has 1 aromatic carbocycles. The van der Waals surface area contributed by atoms with E-state index in [1.165, 1.54) is 4.88 Å². The van der Waals surface area contributed by atoms with Crippen LogP contribution in [0.15, 0.2) is 46.0 Å². The van der Waals surface area contributed by atoms with Crippen molar-refractivity contribution in [3.05, 3.63) is 69.5 Å². The van der Waals surface area contributed by atoms with Crippen LogP contribution in [0.1, 0.15) is 64.9 Å². The molecule has 1 aliphatic rings. The minimum Gasteiger partial charge on any atom is -0.496 e. The fourth-order valence-corrected chi connectivity index (χ4v) is 5.62. The second kappa shape index (κ2) is 9.56. The summed E-state index contributed by atoms with van der Waals surface area (Å²) in [5.41, 5.74) is 4.13. The van der Waals surface area contributed by atoms with Crippen LogP contribution in [0.25, 0.3) is 0 Å². The highest BCUT2D eigenvalue weighted by molar-refractivity contribution is 7.16. The van der Waals surface area contributed by atoms with Crippen molar-refractivity contribution in [1.29, 1.82) is 0 Å². The number of furan rings is 1. The number of rotatable bonds is 6. The van der Waals surface area contributed by atoms with Gasteiger partial charge in [0.25, 0.3) is 5.91 Å². The van der Waals surface area contributed by atoms with E-state index < -0.39 is 0 Å².